The maximum absolute atomic E-state index is 3.99. The normalized spacial score (nSPS) is 31.2. The molecule has 0 aromatic heterocycles. The molecule has 1 aromatic rings. The molecule has 0 radical (unpaired) electrons. The Balaban J connectivity index is 1.84. The minimum absolute atomic E-state index is 0.501. The highest BCUT2D eigenvalue weighted by molar-refractivity contribution is 5.40. The number of hydrogen-bond donors (Lipinski definition) is 1. The van der Waals surface area contributed by atoms with Gasteiger partial charge >= 0.3 is 0 Å². The average Bonchev–Trinajstić information content (AvgIpc) is 3.10. The van der Waals surface area contributed by atoms with E-state index in [1.54, 1.807) is 11.1 Å². The van der Waals surface area contributed by atoms with Gasteiger partial charge in [0.05, 0.1) is 0 Å². The minimum atomic E-state index is 0.501. The maximum atomic E-state index is 3.99. The molecule has 1 heteroatoms. The van der Waals surface area contributed by atoms with E-state index in [2.05, 4.69) is 49.2 Å². The lowest BCUT2D eigenvalue weighted by atomic mass is 9.92. The molecule has 1 fully saturated rings. The monoisotopic (exact) mass is 227 g/mol. The van der Waals surface area contributed by atoms with Crippen molar-refractivity contribution in [3.05, 3.63) is 48.0 Å². The van der Waals surface area contributed by atoms with Crippen molar-refractivity contribution in [3.63, 3.8) is 0 Å². The molecule has 0 amide bonds. The van der Waals surface area contributed by atoms with E-state index in [0.717, 1.165) is 24.3 Å². The highest BCUT2D eigenvalue weighted by atomic mass is 14.9. The van der Waals surface area contributed by atoms with Crippen molar-refractivity contribution < 1.29 is 0 Å². The van der Waals surface area contributed by atoms with Crippen LogP contribution in [0.1, 0.15) is 30.4 Å². The number of nitrogens with one attached hydrogen (secondary N) is 1. The molecule has 2 aliphatic rings. The number of hydrogen-bond acceptors (Lipinski definition) is 1. The van der Waals surface area contributed by atoms with Gasteiger partial charge in [0.1, 0.15) is 0 Å². The third kappa shape index (κ3) is 1.73. The van der Waals surface area contributed by atoms with Crippen molar-refractivity contribution in [2.24, 2.45) is 11.8 Å². The Morgan fingerprint density at radius 2 is 2.29 bits per heavy atom. The molecule has 90 valence electrons. The molecule has 1 nitrogen and oxygen atoms in total. The molecule has 0 aliphatic heterocycles. The molecule has 4 unspecified atom stereocenters. The Morgan fingerprint density at radius 1 is 1.47 bits per heavy atom. The van der Waals surface area contributed by atoms with Crippen molar-refractivity contribution in [1.29, 1.82) is 0 Å². The van der Waals surface area contributed by atoms with Crippen molar-refractivity contribution in [2.45, 2.75) is 31.7 Å². The lowest BCUT2D eigenvalue weighted by molar-refractivity contribution is 0.513. The Hall–Kier alpha value is -1.08. The summed E-state index contributed by atoms with van der Waals surface area (Å²) < 4.78 is 0. The van der Waals surface area contributed by atoms with Crippen LogP contribution >= 0.6 is 0 Å². The van der Waals surface area contributed by atoms with Gasteiger partial charge in [-0.05, 0) is 48.3 Å². The number of fused-ring (bicyclic) bond motifs is 3. The second-order valence-corrected chi connectivity index (χ2v) is 5.32. The number of benzene rings is 1. The molecular formula is C16H21N. The van der Waals surface area contributed by atoms with Crippen LogP contribution < -0.4 is 5.32 Å². The van der Waals surface area contributed by atoms with Gasteiger partial charge in [-0.1, -0.05) is 37.3 Å². The number of rotatable bonds is 4. The van der Waals surface area contributed by atoms with E-state index < -0.39 is 0 Å². The summed E-state index contributed by atoms with van der Waals surface area (Å²) >= 11 is 0. The predicted octanol–water partition coefficient (Wildman–Crippen LogP) is 3.13. The summed E-state index contributed by atoms with van der Waals surface area (Å²) in [6, 6.07) is 9.50. The fourth-order valence-electron chi connectivity index (χ4n) is 3.72. The molecule has 0 bridgehead atoms. The molecule has 2 aliphatic carbocycles. The van der Waals surface area contributed by atoms with Gasteiger partial charge in [0.2, 0.25) is 0 Å². The van der Waals surface area contributed by atoms with E-state index >= 15 is 0 Å². The first-order chi connectivity index (χ1) is 8.36. The highest BCUT2D eigenvalue weighted by Crippen LogP contribution is 2.61. The lowest BCUT2D eigenvalue weighted by Crippen LogP contribution is -2.29. The maximum Gasteiger partial charge on any atom is 0.0284 e. The van der Waals surface area contributed by atoms with E-state index in [9.17, 15) is 0 Å². The first-order valence-corrected chi connectivity index (χ1v) is 6.80. The summed E-state index contributed by atoms with van der Waals surface area (Å²) in [5.74, 6) is 2.48. The van der Waals surface area contributed by atoms with Crippen LogP contribution in [-0.2, 0) is 6.42 Å². The van der Waals surface area contributed by atoms with Crippen LogP contribution in [-0.4, -0.2) is 12.6 Å². The van der Waals surface area contributed by atoms with Crippen molar-refractivity contribution in [2.75, 3.05) is 6.54 Å². The predicted molar refractivity (Wildman–Crippen MR) is 72.1 cm³/mol. The summed E-state index contributed by atoms with van der Waals surface area (Å²) in [6.07, 6.45) is 4.74. The second kappa shape index (κ2) is 4.30. The summed E-state index contributed by atoms with van der Waals surface area (Å²) in [4.78, 5) is 0. The lowest BCUT2D eigenvalue weighted by Gasteiger charge is -2.14. The van der Waals surface area contributed by atoms with Gasteiger partial charge in [-0.3, -0.25) is 0 Å². The fourth-order valence-corrected chi connectivity index (χ4v) is 3.72. The summed E-state index contributed by atoms with van der Waals surface area (Å²) in [6.45, 7) is 7.21. The van der Waals surface area contributed by atoms with Gasteiger partial charge in [-0.15, -0.1) is 6.58 Å². The molecule has 0 spiro atoms. The number of likely N-dealkylation sites (N-methyl/N-ethyl adjacent to an activating group) is 1. The van der Waals surface area contributed by atoms with E-state index in [1.165, 1.54) is 12.8 Å². The quantitative estimate of drug-likeness (QED) is 0.779. The summed E-state index contributed by atoms with van der Waals surface area (Å²) in [5, 5.41) is 3.56. The zero-order valence-electron chi connectivity index (χ0n) is 10.5. The Kier molecular flexibility index (Phi) is 2.79. The zero-order chi connectivity index (χ0) is 11.8. The molecule has 3 rings (SSSR count). The first kappa shape index (κ1) is 11.0. The van der Waals surface area contributed by atoms with Crippen LogP contribution in [0.3, 0.4) is 0 Å². The molecule has 1 N–H and O–H groups in total. The van der Waals surface area contributed by atoms with Gasteiger partial charge in [0.15, 0.2) is 0 Å². The molecule has 1 aromatic carbocycles. The Morgan fingerprint density at radius 3 is 3.06 bits per heavy atom. The summed E-state index contributed by atoms with van der Waals surface area (Å²) in [7, 11) is 0. The van der Waals surface area contributed by atoms with E-state index in [4.69, 9.17) is 0 Å². The third-order valence-corrected chi connectivity index (χ3v) is 4.50. The second-order valence-electron chi connectivity index (χ2n) is 5.32. The van der Waals surface area contributed by atoms with Gasteiger partial charge < -0.3 is 5.32 Å². The van der Waals surface area contributed by atoms with Crippen LogP contribution in [0, 0.1) is 11.8 Å². The average molecular weight is 227 g/mol. The van der Waals surface area contributed by atoms with Crippen LogP contribution in [0.2, 0.25) is 0 Å². The molecule has 1 saturated carbocycles. The van der Waals surface area contributed by atoms with Crippen LogP contribution in [0.15, 0.2) is 36.9 Å². The van der Waals surface area contributed by atoms with Gasteiger partial charge in [0, 0.05) is 6.04 Å². The van der Waals surface area contributed by atoms with Crippen LogP contribution in [0.4, 0.5) is 0 Å². The van der Waals surface area contributed by atoms with Gasteiger partial charge in [0.25, 0.3) is 0 Å². The molecule has 0 heterocycles. The van der Waals surface area contributed by atoms with E-state index in [-0.39, 0.29) is 0 Å². The summed E-state index contributed by atoms with van der Waals surface area (Å²) in [5.41, 5.74) is 3.19. The first-order valence-electron chi connectivity index (χ1n) is 6.80. The largest absolute Gasteiger partial charge is 0.310 e. The molecular weight excluding hydrogens is 206 g/mol. The molecule has 17 heavy (non-hydrogen) atoms. The van der Waals surface area contributed by atoms with Crippen LogP contribution in [0.5, 0.6) is 0 Å². The standard InChI is InChI=1S/C16H21N/c1-3-14(17-4-2)16-13-10-9-11-7-5-6-8-12(11)15(13)16/h3,5-8,13-17H,1,4,9-10H2,2H3. The Bertz CT molecular complexity index is 423. The van der Waals surface area contributed by atoms with Crippen molar-refractivity contribution in [1.82, 2.24) is 5.32 Å². The van der Waals surface area contributed by atoms with Crippen molar-refractivity contribution in [3.8, 4) is 0 Å². The topological polar surface area (TPSA) is 12.0 Å². The van der Waals surface area contributed by atoms with Gasteiger partial charge in [-0.2, -0.15) is 0 Å². The van der Waals surface area contributed by atoms with Crippen molar-refractivity contribution >= 4 is 0 Å². The van der Waals surface area contributed by atoms with Gasteiger partial charge in [-0.25, -0.2) is 0 Å². The zero-order valence-corrected chi connectivity index (χ0v) is 10.5. The third-order valence-electron chi connectivity index (χ3n) is 4.50. The Labute approximate surface area is 104 Å². The minimum Gasteiger partial charge on any atom is -0.310 e. The van der Waals surface area contributed by atoms with E-state index in [0.29, 0.717) is 6.04 Å². The SMILES string of the molecule is C=CC(NCC)C1C2CCc3ccccc3C21. The smallest absolute Gasteiger partial charge is 0.0284 e. The number of aryl methyl sites for hydroxylation is 1. The fraction of sp³-hybridized carbons (Fsp3) is 0.500. The highest BCUT2D eigenvalue weighted by Gasteiger charge is 2.55. The molecule has 0 saturated heterocycles. The van der Waals surface area contributed by atoms with E-state index in [1.807, 2.05) is 0 Å². The van der Waals surface area contributed by atoms with Crippen LogP contribution in [0.25, 0.3) is 0 Å². The molecule has 4 atom stereocenters.